The van der Waals surface area contributed by atoms with Gasteiger partial charge in [0.15, 0.2) is 0 Å². The normalized spacial score (nSPS) is 27.2. The Hall–Kier alpha value is -1.81. The van der Waals surface area contributed by atoms with Gasteiger partial charge in [-0.2, -0.15) is 0 Å². The van der Waals surface area contributed by atoms with Crippen LogP contribution >= 0.6 is 0 Å². The number of benzene rings is 1. The largest absolute Gasteiger partial charge is 0.873 e. The van der Waals surface area contributed by atoms with Crippen molar-refractivity contribution in [1.82, 2.24) is 5.32 Å². The van der Waals surface area contributed by atoms with E-state index >= 15 is 0 Å². The summed E-state index contributed by atoms with van der Waals surface area (Å²) in [5.74, 6) is -0.294. The smallest absolute Gasteiger partial charge is 0.251 e. The molecule has 1 fully saturated rings. The van der Waals surface area contributed by atoms with Gasteiger partial charge in [0.05, 0.1) is 11.6 Å². The van der Waals surface area contributed by atoms with Crippen LogP contribution in [0.3, 0.4) is 0 Å². The minimum atomic E-state index is -0.759. The molecule has 4 nitrogen and oxygen atoms in total. The van der Waals surface area contributed by atoms with Crippen molar-refractivity contribution in [1.29, 1.82) is 0 Å². The number of rotatable bonds is 2. The highest BCUT2D eigenvalue weighted by atomic mass is 16.5. The van der Waals surface area contributed by atoms with Crippen molar-refractivity contribution < 1.29 is 14.6 Å². The minimum Gasteiger partial charge on any atom is -0.873 e. The first-order valence-electron chi connectivity index (χ1n) is 8.15. The summed E-state index contributed by atoms with van der Waals surface area (Å²) in [6, 6.07) is 2.06. The molecule has 1 N–H and O–H groups in total. The fraction of sp³-hybridized carbons (Fsp3) is 0.526. The van der Waals surface area contributed by atoms with Crippen molar-refractivity contribution in [3.63, 3.8) is 0 Å². The molecule has 1 spiro atoms. The summed E-state index contributed by atoms with van der Waals surface area (Å²) in [6.45, 7) is 8.06. The summed E-state index contributed by atoms with van der Waals surface area (Å²) in [5, 5.41) is 16.1. The van der Waals surface area contributed by atoms with E-state index in [-0.39, 0.29) is 17.8 Å². The maximum absolute atomic E-state index is 13.1. The van der Waals surface area contributed by atoms with Crippen molar-refractivity contribution in [2.45, 2.75) is 58.6 Å². The maximum atomic E-state index is 13.1. The molecule has 23 heavy (non-hydrogen) atoms. The molecule has 124 valence electrons. The van der Waals surface area contributed by atoms with E-state index in [0.717, 1.165) is 28.7 Å². The minimum absolute atomic E-state index is 0.0422. The van der Waals surface area contributed by atoms with E-state index in [9.17, 15) is 9.90 Å². The van der Waals surface area contributed by atoms with Gasteiger partial charge >= 0.3 is 0 Å². The van der Waals surface area contributed by atoms with E-state index in [2.05, 4.69) is 18.3 Å². The van der Waals surface area contributed by atoms with Gasteiger partial charge in [-0.15, -0.1) is 0 Å². The fourth-order valence-electron chi connectivity index (χ4n) is 4.10. The Morgan fingerprint density at radius 3 is 2.52 bits per heavy atom. The molecule has 0 saturated heterocycles. The Bertz CT molecular complexity index is 720. The second kappa shape index (κ2) is 5.38. The molecule has 1 amide bonds. The zero-order chi connectivity index (χ0) is 16.9. The number of hydrogen-bond donors (Lipinski definition) is 1. The van der Waals surface area contributed by atoms with Gasteiger partial charge in [-0.3, -0.25) is 4.79 Å². The number of carbonyl (C=O) groups excluding carboxylic acids is 1. The van der Waals surface area contributed by atoms with Gasteiger partial charge in [-0.1, -0.05) is 11.8 Å². The summed E-state index contributed by atoms with van der Waals surface area (Å²) < 4.78 is 5.39. The summed E-state index contributed by atoms with van der Waals surface area (Å²) >= 11 is 0. The van der Waals surface area contributed by atoms with E-state index in [4.69, 9.17) is 4.74 Å². The molecule has 1 aromatic rings. The van der Waals surface area contributed by atoms with Gasteiger partial charge in [0.25, 0.3) is 5.91 Å². The number of ether oxygens (including phenoxy) is 1. The van der Waals surface area contributed by atoms with Gasteiger partial charge < -0.3 is 15.2 Å². The SMILES string of the molecule is COC1CCC2(C1)NC(=O)C(c1c(C)cc(C)c(C)c1C)=C2[O-]. The lowest BCUT2D eigenvalue weighted by atomic mass is 9.87. The lowest BCUT2D eigenvalue weighted by Crippen LogP contribution is -2.45. The predicted octanol–water partition coefficient (Wildman–Crippen LogP) is 2.06. The summed E-state index contributed by atoms with van der Waals surface area (Å²) in [7, 11) is 1.66. The molecule has 0 radical (unpaired) electrons. The monoisotopic (exact) mass is 314 g/mol. The highest BCUT2D eigenvalue weighted by molar-refractivity contribution is 6.23. The molecule has 1 aromatic carbocycles. The third kappa shape index (κ3) is 2.27. The third-order valence-electron chi connectivity index (χ3n) is 5.65. The van der Waals surface area contributed by atoms with Crippen LogP contribution < -0.4 is 10.4 Å². The van der Waals surface area contributed by atoms with Crippen LogP contribution in [-0.2, 0) is 9.53 Å². The number of hydrogen-bond acceptors (Lipinski definition) is 3. The van der Waals surface area contributed by atoms with Crippen molar-refractivity contribution in [3.05, 3.63) is 39.6 Å². The van der Waals surface area contributed by atoms with E-state index < -0.39 is 5.54 Å². The molecule has 0 bridgehead atoms. The Balaban J connectivity index is 2.15. The van der Waals surface area contributed by atoms with Crippen LogP contribution in [0.1, 0.15) is 47.1 Å². The van der Waals surface area contributed by atoms with E-state index in [1.54, 1.807) is 7.11 Å². The van der Waals surface area contributed by atoms with Crippen LogP contribution in [0.4, 0.5) is 0 Å². The Labute approximate surface area is 137 Å². The van der Waals surface area contributed by atoms with Crippen LogP contribution in [0, 0.1) is 27.7 Å². The van der Waals surface area contributed by atoms with Gasteiger partial charge in [-0.25, -0.2) is 0 Å². The van der Waals surface area contributed by atoms with Crippen LogP contribution in [0.15, 0.2) is 11.8 Å². The molecule has 3 rings (SSSR count). The number of carbonyl (C=O) groups is 1. The number of amides is 1. The summed E-state index contributed by atoms with van der Waals surface area (Å²) in [6.07, 6.45) is 2.07. The molecule has 2 atom stereocenters. The lowest BCUT2D eigenvalue weighted by Gasteiger charge is -2.32. The second-order valence-electron chi connectivity index (χ2n) is 6.98. The molecular weight excluding hydrogens is 290 g/mol. The molecule has 1 aliphatic carbocycles. The average Bonchev–Trinajstić information content (AvgIpc) is 3.02. The number of aryl methyl sites for hydroxylation is 2. The van der Waals surface area contributed by atoms with E-state index in [0.29, 0.717) is 18.4 Å². The Morgan fingerprint density at radius 1 is 1.22 bits per heavy atom. The maximum Gasteiger partial charge on any atom is 0.251 e. The van der Waals surface area contributed by atoms with Crippen molar-refractivity contribution in [2.24, 2.45) is 0 Å². The summed E-state index contributed by atoms with van der Waals surface area (Å²) in [5.41, 5.74) is 4.73. The van der Waals surface area contributed by atoms with Gasteiger partial charge in [-0.05, 0) is 74.8 Å². The first-order valence-corrected chi connectivity index (χ1v) is 8.15. The van der Waals surface area contributed by atoms with Crippen molar-refractivity contribution in [2.75, 3.05) is 7.11 Å². The zero-order valence-electron chi connectivity index (χ0n) is 14.5. The average molecular weight is 314 g/mol. The number of methoxy groups -OCH3 is 1. The third-order valence-corrected chi connectivity index (χ3v) is 5.65. The highest BCUT2D eigenvalue weighted by Crippen LogP contribution is 2.43. The molecule has 0 aromatic heterocycles. The molecule has 2 unspecified atom stereocenters. The highest BCUT2D eigenvalue weighted by Gasteiger charge is 2.46. The first kappa shape index (κ1) is 16.1. The Morgan fingerprint density at radius 2 is 1.91 bits per heavy atom. The molecule has 1 saturated carbocycles. The fourth-order valence-corrected chi connectivity index (χ4v) is 4.10. The van der Waals surface area contributed by atoms with Crippen LogP contribution in [-0.4, -0.2) is 24.7 Å². The van der Waals surface area contributed by atoms with Gasteiger partial charge in [0, 0.05) is 12.7 Å². The zero-order valence-corrected chi connectivity index (χ0v) is 14.5. The summed E-state index contributed by atoms with van der Waals surface area (Å²) in [4.78, 5) is 12.6. The molecule has 1 aliphatic heterocycles. The molecule has 4 heteroatoms. The quantitative estimate of drug-likeness (QED) is 0.909. The van der Waals surface area contributed by atoms with Gasteiger partial charge in [0.2, 0.25) is 0 Å². The van der Waals surface area contributed by atoms with Crippen LogP contribution in [0.25, 0.3) is 5.57 Å². The van der Waals surface area contributed by atoms with Crippen molar-refractivity contribution >= 4 is 11.5 Å². The van der Waals surface area contributed by atoms with Gasteiger partial charge in [0.1, 0.15) is 0 Å². The molecule has 1 heterocycles. The van der Waals surface area contributed by atoms with E-state index in [1.807, 2.05) is 20.8 Å². The van der Waals surface area contributed by atoms with E-state index in [1.165, 1.54) is 5.56 Å². The van der Waals surface area contributed by atoms with Crippen molar-refractivity contribution in [3.8, 4) is 0 Å². The Kier molecular flexibility index (Phi) is 3.75. The van der Waals surface area contributed by atoms with Crippen LogP contribution in [0.2, 0.25) is 0 Å². The standard InChI is InChI=1S/C19H25NO3/c1-10-8-11(2)15(13(4)12(10)3)16-17(21)19(20-18(16)22)7-6-14(9-19)23-5/h8,14,21H,6-7,9H2,1-5H3,(H,20,22)/p-1. The molecular formula is C19H24NO3-. The lowest BCUT2D eigenvalue weighted by molar-refractivity contribution is -0.315. The molecule has 2 aliphatic rings. The topological polar surface area (TPSA) is 61.4 Å². The predicted molar refractivity (Wildman–Crippen MR) is 87.8 cm³/mol. The number of nitrogens with one attached hydrogen (secondary N) is 1. The second-order valence-corrected chi connectivity index (χ2v) is 6.98. The van der Waals surface area contributed by atoms with Crippen LogP contribution in [0.5, 0.6) is 0 Å². The first-order chi connectivity index (χ1) is 10.8.